The molecule has 2 heterocycles. The lowest BCUT2D eigenvalue weighted by atomic mass is 10.3. The Morgan fingerprint density at radius 2 is 2.15 bits per heavy atom. The van der Waals surface area contributed by atoms with Gasteiger partial charge in [0.05, 0.1) is 4.88 Å². The molecule has 0 spiro atoms. The number of hydrogen-bond donors (Lipinski definition) is 1. The standard InChI is InChI=1S/C10H11NOS/c1-7-2-4-9(12-7)10-5-3-8(6-11)13-10/h2-5H,6,11H2,1H3. The first-order valence-electron chi connectivity index (χ1n) is 4.15. The Morgan fingerprint density at radius 1 is 1.31 bits per heavy atom. The number of rotatable bonds is 2. The summed E-state index contributed by atoms with van der Waals surface area (Å²) >= 11 is 1.68. The molecule has 2 N–H and O–H groups in total. The second-order valence-corrected chi connectivity index (χ2v) is 4.05. The molecule has 68 valence electrons. The molecular formula is C10H11NOS. The molecule has 0 bridgehead atoms. The van der Waals surface area contributed by atoms with Gasteiger partial charge in [-0.05, 0) is 31.2 Å². The van der Waals surface area contributed by atoms with Crippen LogP contribution in [0.15, 0.2) is 28.7 Å². The molecule has 0 aliphatic rings. The van der Waals surface area contributed by atoms with Crippen molar-refractivity contribution in [3.05, 3.63) is 34.9 Å². The fourth-order valence-electron chi connectivity index (χ4n) is 1.19. The molecule has 0 atom stereocenters. The molecule has 2 aromatic heterocycles. The maximum atomic E-state index is 5.53. The Bertz CT molecular complexity index is 402. The van der Waals surface area contributed by atoms with E-state index in [1.54, 1.807) is 11.3 Å². The summed E-state index contributed by atoms with van der Waals surface area (Å²) in [5, 5.41) is 0. The minimum absolute atomic E-state index is 0.602. The summed E-state index contributed by atoms with van der Waals surface area (Å²) < 4.78 is 5.50. The zero-order valence-electron chi connectivity index (χ0n) is 7.41. The predicted octanol–water partition coefficient (Wildman–Crippen LogP) is 2.78. The minimum atomic E-state index is 0.602. The van der Waals surface area contributed by atoms with Crippen molar-refractivity contribution in [2.75, 3.05) is 0 Å². The van der Waals surface area contributed by atoms with Gasteiger partial charge in [0, 0.05) is 11.4 Å². The number of thiophene rings is 1. The van der Waals surface area contributed by atoms with Crippen molar-refractivity contribution in [2.24, 2.45) is 5.73 Å². The molecule has 3 heteroatoms. The molecule has 0 aliphatic carbocycles. The third kappa shape index (κ3) is 1.66. The Labute approximate surface area is 81.0 Å². The van der Waals surface area contributed by atoms with E-state index in [0.29, 0.717) is 6.54 Å². The number of hydrogen-bond acceptors (Lipinski definition) is 3. The van der Waals surface area contributed by atoms with Gasteiger partial charge in [-0.1, -0.05) is 0 Å². The van der Waals surface area contributed by atoms with Crippen molar-refractivity contribution < 1.29 is 4.42 Å². The molecule has 2 rings (SSSR count). The SMILES string of the molecule is Cc1ccc(-c2ccc(CN)s2)o1. The fourth-order valence-corrected chi connectivity index (χ4v) is 2.04. The van der Waals surface area contributed by atoms with Crippen molar-refractivity contribution in [1.29, 1.82) is 0 Å². The summed E-state index contributed by atoms with van der Waals surface area (Å²) in [7, 11) is 0. The van der Waals surface area contributed by atoms with Crippen LogP contribution < -0.4 is 5.73 Å². The fraction of sp³-hybridized carbons (Fsp3) is 0.200. The van der Waals surface area contributed by atoms with Crippen LogP contribution in [0.3, 0.4) is 0 Å². The third-order valence-corrected chi connectivity index (χ3v) is 2.97. The van der Waals surface area contributed by atoms with Crippen molar-refractivity contribution >= 4 is 11.3 Å². The Hall–Kier alpha value is -1.06. The first-order chi connectivity index (χ1) is 6.29. The highest BCUT2D eigenvalue weighted by Gasteiger charge is 2.04. The molecule has 0 amide bonds. The van der Waals surface area contributed by atoms with Gasteiger partial charge in [-0.2, -0.15) is 0 Å². The second-order valence-electron chi connectivity index (χ2n) is 2.88. The molecule has 13 heavy (non-hydrogen) atoms. The van der Waals surface area contributed by atoms with Gasteiger partial charge < -0.3 is 10.2 Å². The minimum Gasteiger partial charge on any atom is -0.461 e. The van der Waals surface area contributed by atoms with E-state index in [9.17, 15) is 0 Å². The van der Waals surface area contributed by atoms with Crippen LogP contribution in [0, 0.1) is 6.92 Å². The molecule has 0 fully saturated rings. The van der Waals surface area contributed by atoms with E-state index in [4.69, 9.17) is 10.2 Å². The average molecular weight is 193 g/mol. The highest BCUT2D eigenvalue weighted by atomic mass is 32.1. The zero-order valence-corrected chi connectivity index (χ0v) is 8.23. The highest BCUT2D eigenvalue weighted by molar-refractivity contribution is 7.15. The van der Waals surface area contributed by atoms with Crippen LogP contribution in [0.2, 0.25) is 0 Å². The smallest absolute Gasteiger partial charge is 0.144 e. The molecule has 0 aromatic carbocycles. The van der Waals surface area contributed by atoms with E-state index in [1.807, 2.05) is 31.2 Å². The predicted molar refractivity (Wildman–Crippen MR) is 54.6 cm³/mol. The second kappa shape index (κ2) is 3.36. The van der Waals surface area contributed by atoms with E-state index >= 15 is 0 Å². The molecule has 0 aliphatic heterocycles. The van der Waals surface area contributed by atoms with E-state index < -0.39 is 0 Å². The summed E-state index contributed by atoms with van der Waals surface area (Å²) in [6, 6.07) is 8.04. The Balaban J connectivity index is 2.35. The zero-order chi connectivity index (χ0) is 9.26. The summed E-state index contributed by atoms with van der Waals surface area (Å²) in [5.41, 5.74) is 5.53. The first kappa shape index (κ1) is 8.53. The molecule has 0 unspecified atom stereocenters. The summed E-state index contributed by atoms with van der Waals surface area (Å²) in [6.07, 6.45) is 0. The van der Waals surface area contributed by atoms with Crippen molar-refractivity contribution in [2.45, 2.75) is 13.5 Å². The van der Waals surface area contributed by atoms with Gasteiger partial charge in [0.1, 0.15) is 11.5 Å². The van der Waals surface area contributed by atoms with Crippen LogP contribution in [-0.2, 0) is 6.54 Å². The largest absolute Gasteiger partial charge is 0.461 e. The lowest BCUT2D eigenvalue weighted by Gasteiger charge is -1.89. The van der Waals surface area contributed by atoms with Crippen LogP contribution >= 0.6 is 11.3 Å². The van der Waals surface area contributed by atoms with E-state index in [-0.39, 0.29) is 0 Å². The molecule has 0 saturated heterocycles. The van der Waals surface area contributed by atoms with Crippen LogP contribution in [-0.4, -0.2) is 0 Å². The molecule has 0 radical (unpaired) electrons. The quantitative estimate of drug-likeness (QED) is 0.796. The van der Waals surface area contributed by atoms with Crippen molar-refractivity contribution in [3.8, 4) is 10.6 Å². The first-order valence-corrected chi connectivity index (χ1v) is 4.97. The van der Waals surface area contributed by atoms with Gasteiger partial charge in [0.2, 0.25) is 0 Å². The third-order valence-electron chi connectivity index (χ3n) is 1.85. The van der Waals surface area contributed by atoms with Gasteiger partial charge in [0.15, 0.2) is 0 Å². The number of nitrogens with two attached hydrogens (primary N) is 1. The summed E-state index contributed by atoms with van der Waals surface area (Å²) in [6.45, 7) is 2.55. The van der Waals surface area contributed by atoms with Crippen molar-refractivity contribution in [1.82, 2.24) is 0 Å². The molecule has 2 aromatic rings. The lowest BCUT2D eigenvalue weighted by Crippen LogP contribution is -1.90. The van der Waals surface area contributed by atoms with Gasteiger partial charge >= 0.3 is 0 Å². The van der Waals surface area contributed by atoms with Crippen LogP contribution in [0.1, 0.15) is 10.6 Å². The Kier molecular flexibility index (Phi) is 2.20. The average Bonchev–Trinajstić information content (AvgIpc) is 2.71. The monoisotopic (exact) mass is 193 g/mol. The Morgan fingerprint density at radius 3 is 2.69 bits per heavy atom. The van der Waals surface area contributed by atoms with Gasteiger partial charge in [-0.3, -0.25) is 0 Å². The van der Waals surface area contributed by atoms with Gasteiger partial charge in [-0.25, -0.2) is 0 Å². The summed E-state index contributed by atoms with van der Waals surface area (Å²) in [4.78, 5) is 2.33. The van der Waals surface area contributed by atoms with Gasteiger partial charge in [0.25, 0.3) is 0 Å². The molecule has 2 nitrogen and oxygen atoms in total. The van der Waals surface area contributed by atoms with Crippen molar-refractivity contribution in [3.63, 3.8) is 0 Å². The molecule has 0 saturated carbocycles. The summed E-state index contributed by atoms with van der Waals surface area (Å²) in [5.74, 6) is 1.87. The number of aryl methyl sites for hydroxylation is 1. The molecular weight excluding hydrogens is 182 g/mol. The number of furan rings is 1. The van der Waals surface area contributed by atoms with Crippen LogP contribution in [0.4, 0.5) is 0 Å². The highest BCUT2D eigenvalue weighted by Crippen LogP contribution is 2.29. The van der Waals surface area contributed by atoms with Crippen LogP contribution in [0.25, 0.3) is 10.6 Å². The lowest BCUT2D eigenvalue weighted by molar-refractivity contribution is 0.549. The van der Waals surface area contributed by atoms with Crippen LogP contribution in [0.5, 0.6) is 0 Å². The van der Waals surface area contributed by atoms with E-state index in [2.05, 4.69) is 0 Å². The van der Waals surface area contributed by atoms with Gasteiger partial charge in [-0.15, -0.1) is 11.3 Å². The normalized spacial score (nSPS) is 10.6. The maximum absolute atomic E-state index is 5.53. The van der Waals surface area contributed by atoms with E-state index in [1.165, 1.54) is 4.88 Å². The maximum Gasteiger partial charge on any atom is 0.144 e. The topological polar surface area (TPSA) is 39.2 Å². The van der Waals surface area contributed by atoms with E-state index in [0.717, 1.165) is 16.4 Å².